The van der Waals surface area contributed by atoms with E-state index >= 15 is 0 Å². The number of amides is 5. The van der Waals surface area contributed by atoms with Crippen LogP contribution in [0.5, 0.6) is 0 Å². The van der Waals surface area contributed by atoms with Crippen LogP contribution in [0.4, 0.5) is 0 Å². The molecule has 5 amide bonds. The molecular weight excluding hydrogens is 1150 g/mol. The van der Waals surface area contributed by atoms with Crippen molar-refractivity contribution in [1.82, 2.24) is 26.2 Å². The van der Waals surface area contributed by atoms with Crippen LogP contribution in [0.15, 0.2) is 9.98 Å². The fourth-order valence-corrected chi connectivity index (χ4v) is 11.2. The molecule has 0 heterocycles. The van der Waals surface area contributed by atoms with Crippen LogP contribution in [0.3, 0.4) is 0 Å². The normalized spacial score (nSPS) is 20.5. The zero-order valence-corrected chi connectivity index (χ0v) is 53.1. The first-order chi connectivity index (χ1) is 42.2. The van der Waals surface area contributed by atoms with Gasteiger partial charge in [0.15, 0.2) is 11.9 Å². The molecule has 30 heteroatoms. The molecular formula is C58H107N11O19. The molecule has 0 aliphatic heterocycles. The van der Waals surface area contributed by atoms with Crippen LogP contribution in [-0.4, -0.2) is 250 Å². The van der Waals surface area contributed by atoms with E-state index in [1.165, 1.54) is 13.8 Å². The van der Waals surface area contributed by atoms with Gasteiger partial charge in [0.1, 0.15) is 13.2 Å². The Balaban J connectivity index is 1.86. The maximum Gasteiger partial charge on any atom is 0.309 e. The van der Waals surface area contributed by atoms with Crippen molar-refractivity contribution in [3.63, 3.8) is 0 Å². The van der Waals surface area contributed by atoms with Gasteiger partial charge in [-0.15, -0.1) is 0 Å². The first kappa shape index (κ1) is 78.5. The third-order valence-electron chi connectivity index (χ3n) is 15.4. The van der Waals surface area contributed by atoms with E-state index in [4.69, 9.17) is 70.3 Å². The Kier molecular flexibility index (Phi) is 41.5. The molecule has 0 aromatic rings. The van der Waals surface area contributed by atoms with Crippen LogP contribution in [0.2, 0.25) is 0 Å². The number of nitrogens with one attached hydrogen (secondary N) is 4. The lowest BCUT2D eigenvalue weighted by Gasteiger charge is -2.37. The summed E-state index contributed by atoms with van der Waals surface area (Å²) in [6.45, 7) is 17.3. The monoisotopic (exact) mass is 1260 g/mol. The molecule has 0 aromatic carbocycles. The maximum absolute atomic E-state index is 13.4. The van der Waals surface area contributed by atoms with Crippen LogP contribution in [0, 0.1) is 35.5 Å². The van der Waals surface area contributed by atoms with Gasteiger partial charge in [-0.05, 0) is 31.1 Å². The summed E-state index contributed by atoms with van der Waals surface area (Å²) in [5, 5.41) is 31.7. The van der Waals surface area contributed by atoms with Gasteiger partial charge in [0.25, 0.3) is 0 Å². The van der Waals surface area contributed by atoms with Gasteiger partial charge in [0.2, 0.25) is 29.5 Å². The fourth-order valence-electron chi connectivity index (χ4n) is 11.2. The Labute approximate surface area is 518 Å². The van der Waals surface area contributed by atoms with E-state index in [2.05, 4.69) is 31.3 Å². The second kappa shape index (κ2) is 46.5. The molecule has 10 atom stereocenters. The van der Waals surface area contributed by atoms with Crippen LogP contribution in [0.25, 0.3) is 0 Å². The van der Waals surface area contributed by atoms with Crippen molar-refractivity contribution in [2.75, 3.05) is 145 Å². The van der Waals surface area contributed by atoms with E-state index in [9.17, 15) is 43.8 Å². The minimum atomic E-state index is -1.13. The standard InChI is InChI=1S/C58H107N11O19/c1-8-18-79-24-30-85-32-33-86-31-25-80-19-13-48(74)69(16-22-83-28-26-81-20-14-63-46(72)36-87-53-42(55(75)76)34-44(67-57(59)60)49(53)51(65-38(6)70)40(9-2)10-3)17-23-84-29-27-82-21-15-64-47(73)37-88-54-43(56(77)78)35-45(68-58(61)62)50(54)52(66-39(7)71)41(11-4)12-5/h40-45,49-54H,8-37H2,1-7H3,(H,63,72)(H,64,73)(H,65,70)(H,66,71)(H,75,76)(H,77,78)(H4,59,60,67)(H4,61,62,68)/t42-,43-,44+,45+,49+,50+,51+,52+,53+,54+/m0/s1. The van der Waals surface area contributed by atoms with Crippen molar-refractivity contribution in [1.29, 1.82) is 0 Å². The van der Waals surface area contributed by atoms with Crippen LogP contribution < -0.4 is 44.2 Å². The van der Waals surface area contributed by atoms with Gasteiger partial charge in [-0.25, -0.2) is 9.98 Å². The Morgan fingerprint density at radius 2 is 0.818 bits per heavy atom. The summed E-state index contributed by atoms with van der Waals surface area (Å²) in [4.78, 5) is 99.2. The zero-order valence-electron chi connectivity index (χ0n) is 53.1. The number of hydrogen-bond donors (Lipinski definition) is 10. The number of carboxylic acids is 2. The summed E-state index contributed by atoms with van der Waals surface area (Å²) in [7, 11) is 0. The molecule has 2 fully saturated rings. The Morgan fingerprint density at radius 1 is 0.489 bits per heavy atom. The molecule has 0 radical (unpaired) electrons. The lowest BCUT2D eigenvalue weighted by atomic mass is 9.80. The predicted octanol–water partition coefficient (Wildman–Crippen LogP) is -0.642. The summed E-state index contributed by atoms with van der Waals surface area (Å²) in [5.74, 6) is -7.86. The molecule has 30 nitrogen and oxygen atoms in total. The van der Waals surface area contributed by atoms with Gasteiger partial charge in [-0.2, -0.15) is 0 Å². The van der Waals surface area contributed by atoms with E-state index in [0.717, 1.165) is 6.42 Å². The van der Waals surface area contributed by atoms with E-state index < -0.39 is 97.0 Å². The quantitative estimate of drug-likeness (QED) is 0.0206. The molecule has 14 N–H and O–H groups in total. The van der Waals surface area contributed by atoms with E-state index in [0.29, 0.717) is 71.9 Å². The molecule has 2 aliphatic rings. The number of aliphatic imine (C=N–C) groups is 2. The maximum atomic E-state index is 13.4. The number of aliphatic carboxylic acids is 2. The Morgan fingerprint density at radius 3 is 1.14 bits per heavy atom. The number of guanidine groups is 2. The average Bonchev–Trinajstić information content (AvgIpc) is 1.71. The molecule has 0 aromatic heterocycles. The first-order valence-corrected chi connectivity index (χ1v) is 31.1. The lowest BCUT2D eigenvalue weighted by molar-refractivity contribution is -0.150. The molecule has 0 spiro atoms. The topological polar surface area (TPSA) is 432 Å². The van der Waals surface area contributed by atoms with Crippen LogP contribution in [0.1, 0.15) is 99.8 Å². The van der Waals surface area contributed by atoms with Crippen molar-refractivity contribution in [2.24, 2.45) is 68.4 Å². The van der Waals surface area contributed by atoms with Gasteiger partial charge < -0.3 is 107 Å². The minimum absolute atomic E-state index is 0.0391. The van der Waals surface area contributed by atoms with Crippen molar-refractivity contribution >= 4 is 53.4 Å². The molecule has 2 rings (SSSR count). The number of carbonyl (C=O) groups excluding carboxylic acids is 5. The number of rotatable bonds is 52. The number of nitrogens with two attached hydrogens (primary N) is 4. The molecule has 0 unspecified atom stereocenters. The van der Waals surface area contributed by atoms with Crippen LogP contribution >= 0.6 is 0 Å². The second-order valence-corrected chi connectivity index (χ2v) is 21.6. The van der Waals surface area contributed by atoms with Crippen LogP contribution in [-0.2, 0) is 80.9 Å². The van der Waals surface area contributed by atoms with Crippen molar-refractivity contribution in [2.45, 2.75) is 136 Å². The predicted molar refractivity (Wildman–Crippen MR) is 325 cm³/mol. The lowest BCUT2D eigenvalue weighted by Crippen LogP contribution is -2.52. The highest BCUT2D eigenvalue weighted by Gasteiger charge is 2.54. The summed E-state index contributed by atoms with van der Waals surface area (Å²) >= 11 is 0. The largest absolute Gasteiger partial charge is 0.481 e. The first-order valence-electron chi connectivity index (χ1n) is 31.1. The summed E-state index contributed by atoms with van der Waals surface area (Å²) in [5.41, 5.74) is 23.0. The molecule has 508 valence electrons. The summed E-state index contributed by atoms with van der Waals surface area (Å²) in [6.07, 6.45) is 1.96. The molecule has 0 saturated heterocycles. The summed E-state index contributed by atoms with van der Waals surface area (Å²) < 4.78 is 57.0. The highest BCUT2D eigenvalue weighted by molar-refractivity contribution is 5.79. The van der Waals surface area contributed by atoms with Crippen molar-refractivity contribution < 1.29 is 91.1 Å². The smallest absolute Gasteiger partial charge is 0.309 e. The third-order valence-corrected chi connectivity index (χ3v) is 15.4. The van der Waals surface area contributed by atoms with E-state index in [1.807, 2.05) is 34.6 Å². The van der Waals surface area contributed by atoms with Gasteiger partial charge in [0.05, 0.1) is 142 Å². The Bertz CT molecular complexity index is 1950. The SMILES string of the molecule is CCCOCCOCCOCCOCCC(=O)N(CCOCCOCCNC(=O)CO[C@H]1[C@@H]([C@H](NC(C)=O)C(CC)CC)[C@H](N=C(N)N)C[C@@H]1C(=O)O)CCOCCOCCNC(=O)CO[C@H]1[C@@H]([C@H](NC(C)=O)C(CC)CC)[C@H](N=C(N)N)C[C@@H]1C(=O)O. The minimum Gasteiger partial charge on any atom is -0.481 e. The molecule has 2 saturated carbocycles. The van der Waals surface area contributed by atoms with Crippen molar-refractivity contribution in [3.05, 3.63) is 0 Å². The van der Waals surface area contributed by atoms with E-state index in [1.54, 1.807) is 4.90 Å². The van der Waals surface area contributed by atoms with Gasteiger partial charge >= 0.3 is 11.9 Å². The number of hydrogen-bond acceptors (Lipinski definition) is 19. The molecule has 0 bridgehead atoms. The van der Waals surface area contributed by atoms with Gasteiger partial charge in [-0.1, -0.05) is 60.3 Å². The number of ether oxygens (including phenoxy) is 10. The van der Waals surface area contributed by atoms with Gasteiger partial charge in [0, 0.05) is 70.6 Å². The van der Waals surface area contributed by atoms with Crippen molar-refractivity contribution in [3.8, 4) is 0 Å². The molecule has 88 heavy (non-hydrogen) atoms. The second-order valence-electron chi connectivity index (χ2n) is 21.6. The third kappa shape index (κ3) is 31.2. The highest BCUT2D eigenvalue weighted by atomic mass is 16.6. The average molecular weight is 1260 g/mol. The number of nitrogens with zero attached hydrogens (tertiary/aromatic N) is 3. The number of carboxylic acid groups (broad SMARTS) is 2. The highest BCUT2D eigenvalue weighted by Crippen LogP contribution is 2.43. The fraction of sp³-hybridized carbons (Fsp3) is 0.845. The zero-order chi connectivity index (χ0) is 65.2. The molecule has 2 aliphatic carbocycles. The number of carbonyl (C=O) groups is 7. The van der Waals surface area contributed by atoms with E-state index in [-0.39, 0.29) is 146 Å². The van der Waals surface area contributed by atoms with Gasteiger partial charge in [-0.3, -0.25) is 33.6 Å². The summed E-state index contributed by atoms with van der Waals surface area (Å²) in [6, 6.07) is -2.36. The Hall–Kier alpha value is -5.57.